The molecule has 1 aromatic carbocycles. The van der Waals surface area contributed by atoms with E-state index in [9.17, 15) is 26.4 Å². The standard InChI is InChI=1S/C17H15F3N4O4S/c1-23(11-25)4-5-24-10-14(9-22-24)13-6-12-7-15(2-3-16(12)21-8-13)28-29(26,27)17(18,19)20/h2-3,6-11H,4-5H2,1H3. The van der Waals surface area contributed by atoms with Gasteiger partial charge in [0.05, 0.1) is 18.3 Å². The number of carbonyl (C=O) groups is 1. The summed E-state index contributed by atoms with van der Waals surface area (Å²) in [6.45, 7) is 0.943. The number of likely N-dealkylation sites (N-methyl/N-ethyl adjacent to an activating group) is 1. The summed E-state index contributed by atoms with van der Waals surface area (Å²) in [4.78, 5) is 16.3. The first kappa shape index (κ1) is 20.6. The molecule has 1 amide bonds. The van der Waals surface area contributed by atoms with E-state index in [4.69, 9.17) is 0 Å². The van der Waals surface area contributed by atoms with Gasteiger partial charge in [0.25, 0.3) is 0 Å². The highest BCUT2D eigenvalue weighted by atomic mass is 32.2. The zero-order valence-electron chi connectivity index (χ0n) is 15.0. The summed E-state index contributed by atoms with van der Waals surface area (Å²) in [7, 11) is -4.11. The van der Waals surface area contributed by atoms with Crippen molar-refractivity contribution in [3.63, 3.8) is 0 Å². The van der Waals surface area contributed by atoms with Crippen LogP contribution in [-0.2, 0) is 21.5 Å². The molecule has 0 aliphatic rings. The summed E-state index contributed by atoms with van der Waals surface area (Å²) in [5.74, 6) is -0.471. The molecule has 0 unspecified atom stereocenters. The lowest BCUT2D eigenvalue weighted by atomic mass is 10.1. The van der Waals surface area contributed by atoms with Crippen LogP contribution in [0.4, 0.5) is 13.2 Å². The van der Waals surface area contributed by atoms with Gasteiger partial charge in [0.15, 0.2) is 0 Å². The summed E-state index contributed by atoms with van der Waals surface area (Å²) >= 11 is 0. The second-order valence-electron chi connectivity index (χ2n) is 6.14. The maximum Gasteiger partial charge on any atom is 0.534 e. The van der Waals surface area contributed by atoms with Crippen molar-refractivity contribution >= 4 is 27.4 Å². The molecule has 29 heavy (non-hydrogen) atoms. The van der Waals surface area contributed by atoms with E-state index >= 15 is 0 Å². The van der Waals surface area contributed by atoms with Crippen LogP contribution in [0.5, 0.6) is 5.75 Å². The number of fused-ring (bicyclic) bond motifs is 1. The normalized spacial score (nSPS) is 12.1. The Kier molecular flexibility index (Phi) is 5.46. The Balaban J connectivity index is 1.86. The number of nitrogens with zero attached hydrogens (tertiary/aromatic N) is 4. The van der Waals surface area contributed by atoms with Crippen LogP contribution < -0.4 is 4.18 Å². The number of alkyl halides is 3. The second-order valence-corrected chi connectivity index (χ2v) is 7.68. The van der Waals surface area contributed by atoms with E-state index in [1.165, 1.54) is 17.0 Å². The third kappa shape index (κ3) is 4.65. The van der Waals surface area contributed by atoms with E-state index in [1.807, 2.05) is 0 Å². The largest absolute Gasteiger partial charge is 0.534 e. The van der Waals surface area contributed by atoms with Crippen LogP contribution in [0.1, 0.15) is 0 Å². The van der Waals surface area contributed by atoms with Crippen molar-refractivity contribution in [2.24, 2.45) is 0 Å². The summed E-state index contributed by atoms with van der Waals surface area (Å²) in [5.41, 5.74) is -3.75. The summed E-state index contributed by atoms with van der Waals surface area (Å²) < 4.78 is 65.7. The smallest absolute Gasteiger partial charge is 0.376 e. The molecule has 3 rings (SSSR count). The fourth-order valence-electron chi connectivity index (χ4n) is 2.44. The molecule has 154 valence electrons. The van der Waals surface area contributed by atoms with Crippen LogP contribution in [0.15, 0.2) is 42.9 Å². The van der Waals surface area contributed by atoms with Crippen molar-refractivity contribution in [3.8, 4) is 16.9 Å². The molecular weight excluding hydrogens is 413 g/mol. The molecule has 0 atom stereocenters. The highest BCUT2D eigenvalue weighted by Crippen LogP contribution is 2.30. The molecule has 0 bridgehead atoms. The molecule has 0 aliphatic heterocycles. The summed E-state index contributed by atoms with van der Waals surface area (Å²) in [6.07, 6.45) is 5.58. The molecular formula is C17H15F3N4O4S. The molecule has 8 nitrogen and oxygen atoms in total. The first-order chi connectivity index (χ1) is 13.6. The van der Waals surface area contributed by atoms with Crippen LogP contribution in [0, 0.1) is 0 Å². The highest BCUT2D eigenvalue weighted by Gasteiger charge is 2.48. The van der Waals surface area contributed by atoms with Crippen LogP contribution >= 0.6 is 0 Å². The Bertz CT molecular complexity index is 1150. The van der Waals surface area contributed by atoms with Gasteiger partial charge in [-0.25, -0.2) is 0 Å². The molecule has 0 spiro atoms. The summed E-state index contributed by atoms with van der Waals surface area (Å²) in [6, 6.07) is 5.26. The number of hydrogen-bond donors (Lipinski definition) is 0. The third-order valence-corrected chi connectivity index (χ3v) is 4.95. The molecule has 0 saturated heterocycles. The van der Waals surface area contributed by atoms with Crippen LogP contribution in [0.3, 0.4) is 0 Å². The molecule has 0 N–H and O–H groups in total. The summed E-state index contributed by atoms with van der Waals surface area (Å²) in [5, 5.41) is 4.58. The number of hydrogen-bond acceptors (Lipinski definition) is 6. The lowest BCUT2D eigenvalue weighted by Crippen LogP contribution is -2.28. The van der Waals surface area contributed by atoms with E-state index in [1.54, 1.807) is 36.4 Å². The number of amides is 1. The highest BCUT2D eigenvalue weighted by molar-refractivity contribution is 7.88. The van der Waals surface area contributed by atoms with Crippen molar-refractivity contribution in [1.82, 2.24) is 19.7 Å². The first-order valence-electron chi connectivity index (χ1n) is 8.18. The Labute approximate surface area is 163 Å². The van der Waals surface area contributed by atoms with Gasteiger partial charge in [-0.2, -0.15) is 26.7 Å². The average molecular weight is 428 g/mol. The molecule has 0 fully saturated rings. The first-order valence-corrected chi connectivity index (χ1v) is 9.59. The predicted octanol–water partition coefficient (Wildman–Crippen LogP) is 2.41. The van der Waals surface area contributed by atoms with Crippen molar-refractivity contribution in [3.05, 3.63) is 42.9 Å². The maximum atomic E-state index is 12.5. The van der Waals surface area contributed by atoms with Gasteiger partial charge in [-0.05, 0) is 24.3 Å². The lowest BCUT2D eigenvalue weighted by molar-refractivity contribution is -0.117. The van der Waals surface area contributed by atoms with E-state index in [2.05, 4.69) is 14.3 Å². The molecule has 2 aromatic heterocycles. The molecule has 0 saturated carbocycles. The van der Waals surface area contributed by atoms with Gasteiger partial charge in [-0.3, -0.25) is 14.5 Å². The van der Waals surface area contributed by atoms with Crippen LogP contribution in [-0.4, -0.2) is 53.6 Å². The molecule has 3 aromatic rings. The Morgan fingerprint density at radius 3 is 2.66 bits per heavy atom. The second kappa shape index (κ2) is 7.70. The fourth-order valence-corrected chi connectivity index (χ4v) is 2.89. The zero-order chi connectivity index (χ0) is 21.2. The number of rotatable bonds is 7. The van der Waals surface area contributed by atoms with E-state index in [0.29, 0.717) is 41.5 Å². The third-order valence-electron chi connectivity index (χ3n) is 3.97. The van der Waals surface area contributed by atoms with Gasteiger partial charge < -0.3 is 9.08 Å². The quantitative estimate of drug-likeness (QED) is 0.326. The van der Waals surface area contributed by atoms with E-state index in [-0.39, 0.29) is 0 Å². The van der Waals surface area contributed by atoms with Crippen LogP contribution in [0.2, 0.25) is 0 Å². The Hall–Kier alpha value is -3.15. The number of benzene rings is 1. The topological polar surface area (TPSA) is 94.4 Å². The molecule has 12 heteroatoms. The van der Waals surface area contributed by atoms with Crippen LogP contribution in [0.25, 0.3) is 22.0 Å². The monoisotopic (exact) mass is 428 g/mol. The minimum absolute atomic E-state index is 0.394. The zero-order valence-corrected chi connectivity index (χ0v) is 15.8. The minimum Gasteiger partial charge on any atom is -0.376 e. The van der Waals surface area contributed by atoms with E-state index in [0.717, 1.165) is 6.07 Å². The fraction of sp³-hybridized carbons (Fsp3) is 0.235. The Morgan fingerprint density at radius 2 is 1.97 bits per heavy atom. The SMILES string of the molecule is CN(C=O)CCn1cc(-c2cnc3ccc(OS(=O)(=O)C(F)(F)F)cc3c2)cn1. The predicted molar refractivity (Wildman–Crippen MR) is 97.3 cm³/mol. The van der Waals surface area contributed by atoms with Crippen molar-refractivity contribution < 1.29 is 30.6 Å². The number of halogens is 3. The number of aromatic nitrogens is 3. The number of carbonyl (C=O) groups excluding carboxylic acids is 1. The van der Waals surface area contributed by atoms with E-state index < -0.39 is 21.4 Å². The lowest BCUT2D eigenvalue weighted by Gasteiger charge is -2.10. The Morgan fingerprint density at radius 1 is 1.21 bits per heavy atom. The van der Waals surface area contributed by atoms with Gasteiger partial charge >= 0.3 is 15.6 Å². The average Bonchev–Trinajstić information content (AvgIpc) is 3.13. The minimum atomic E-state index is -5.76. The molecule has 2 heterocycles. The van der Waals surface area contributed by atoms with Gasteiger partial charge in [0.1, 0.15) is 5.75 Å². The molecule has 0 radical (unpaired) electrons. The maximum absolute atomic E-state index is 12.5. The van der Waals surface area contributed by atoms with Gasteiger partial charge in [0.2, 0.25) is 6.41 Å². The van der Waals surface area contributed by atoms with Crippen molar-refractivity contribution in [1.29, 1.82) is 0 Å². The van der Waals surface area contributed by atoms with Gasteiger partial charge in [-0.15, -0.1) is 0 Å². The van der Waals surface area contributed by atoms with Crippen molar-refractivity contribution in [2.75, 3.05) is 13.6 Å². The molecule has 0 aliphatic carbocycles. The van der Waals surface area contributed by atoms with Crippen molar-refractivity contribution in [2.45, 2.75) is 12.1 Å². The van der Waals surface area contributed by atoms with Gasteiger partial charge in [-0.1, -0.05) is 0 Å². The van der Waals surface area contributed by atoms with Gasteiger partial charge in [0, 0.05) is 42.5 Å². The number of pyridine rings is 1.